The van der Waals surface area contributed by atoms with E-state index in [1.54, 1.807) is 6.92 Å². The normalized spacial score (nSPS) is 11.4. The first-order valence-corrected chi connectivity index (χ1v) is 7.18. The molecule has 120 valence electrons. The fourth-order valence-electron chi connectivity index (χ4n) is 1.89. The van der Waals surface area contributed by atoms with E-state index in [0.29, 0.717) is 6.42 Å². The van der Waals surface area contributed by atoms with E-state index < -0.39 is 0 Å². The van der Waals surface area contributed by atoms with Crippen molar-refractivity contribution in [1.82, 2.24) is 10.6 Å². The summed E-state index contributed by atoms with van der Waals surface area (Å²) in [5, 5.41) is 5.37. The first-order valence-electron chi connectivity index (χ1n) is 7.18. The third-order valence-corrected chi connectivity index (χ3v) is 2.99. The molecule has 0 aliphatic rings. The van der Waals surface area contributed by atoms with Crippen molar-refractivity contribution in [2.45, 2.75) is 32.2 Å². The van der Waals surface area contributed by atoms with E-state index in [9.17, 15) is 14.4 Å². The molecule has 0 saturated heterocycles. The maximum atomic E-state index is 11.7. The highest BCUT2D eigenvalue weighted by Gasteiger charge is 2.12. The van der Waals surface area contributed by atoms with Crippen LogP contribution in [-0.2, 0) is 25.5 Å². The van der Waals surface area contributed by atoms with Gasteiger partial charge < -0.3 is 15.4 Å². The molecular formula is C16H22N2O4. The van der Waals surface area contributed by atoms with Gasteiger partial charge in [-0.05, 0) is 12.5 Å². The van der Waals surface area contributed by atoms with Gasteiger partial charge in [-0.3, -0.25) is 14.4 Å². The fourth-order valence-corrected chi connectivity index (χ4v) is 1.89. The van der Waals surface area contributed by atoms with Crippen LogP contribution in [0.25, 0.3) is 0 Å². The molecule has 1 rings (SSSR count). The fraction of sp³-hybridized carbons (Fsp3) is 0.438. The first-order chi connectivity index (χ1) is 10.5. The Morgan fingerprint density at radius 3 is 2.45 bits per heavy atom. The van der Waals surface area contributed by atoms with Gasteiger partial charge in [0.1, 0.15) is 0 Å². The molecule has 6 heteroatoms. The van der Waals surface area contributed by atoms with Gasteiger partial charge in [0.05, 0.1) is 20.0 Å². The van der Waals surface area contributed by atoms with E-state index in [0.717, 1.165) is 5.56 Å². The number of esters is 1. The van der Waals surface area contributed by atoms with Crippen molar-refractivity contribution in [3.05, 3.63) is 35.9 Å². The number of carbonyl (C=O) groups is 3. The van der Waals surface area contributed by atoms with Crippen LogP contribution in [0.3, 0.4) is 0 Å². The lowest BCUT2D eigenvalue weighted by molar-refractivity contribution is -0.141. The molecule has 2 N–H and O–H groups in total. The van der Waals surface area contributed by atoms with Crippen LogP contribution in [-0.4, -0.2) is 37.5 Å². The molecule has 0 aliphatic heterocycles. The number of benzene rings is 1. The number of methoxy groups -OCH3 is 1. The second kappa shape index (κ2) is 9.55. The number of rotatable bonds is 8. The lowest BCUT2D eigenvalue weighted by Crippen LogP contribution is -2.37. The van der Waals surface area contributed by atoms with E-state index in [2.05, 4.69) is 15.4 Å². The standard InChI is InChI=1S/C16H22N2O4/c1-12(10-16(21)22-2)18-14(19)8-9-17-15(20)11-13-6-4-3-5-7-13/h3-7,12H,8-11H2,1-2H3,(H,17,20)(H,18,19). The predicted molar refractivity (Wildman–Crippen MR) is 82.0 cm³/mol. The van der Waals surface area contributed by atoms with Gasteiger partial charge in [0.2, 0.25) is 11.8 Å². The van der Waals surface area contributed by atoms with E-state index in [1.165, 1.54) is 7.11 Å². The molecule has 1 aromatic rings. The van der Waals surface area contributed by atoms with Crippen LogP contribution in [0, 0.1) is 0 Å². The average Bonchev–Trinajstić information content (AvgIpc) is 2.47. The van der Waals surface area contributed by atoms with Crippen molar-refractivity contribution in [2.24, 2.45) is 0 Å². The Kier molecular flexibility index (Phi) is 7.67. The van der Waals surface area contributed by atoms with Crippen molar-refractivity contribution >= 4 is 17.8 Å². The number of hydrogen-bond acceptors (Lipinski definition) is 4. The summed E-state index contributed by atoms with van der Waals surface area (Å²) >= 11 is 0. The van der Waals surface area contributed by atoms with Gasteiger partial charge >= 0.3 is 5.97 Å². The second-order valence-corrected chi connectivity index (χ2v) is 5.01. The summed E-state index contributed by atoms with van der Waals surface area (Å²) < 4.78 is 4.52. The Hall–Kier alpha value is -2.37. The highest BCUT2D eigenvalue weighted by atomic mass is 16.5. The zero-order chi connectivity index (χ0) is 16.4. The van der Waals surface area contributed by atoms with Gasteiger partial charge in [0.25, 0.3) is 0 Å². The number of ether oxygens (including phenoxy) is 1. The monoisotopic (exact) mass is 306 g/mol. The smallest absolute Gasteiger partial charge is 0.307 e. The maximum Gasteiger partial charge on any atom is 0.307 e. The third kappa shape index (κ3) is 7.42. The maximum absolute atomic E-state index is 11.7. The number of carbonyl (C=O) groups excluding carboxylic acids is 3. The zero-order valence-corrected chi connectivity index (χ0v) is 12.9. The molecule has 2 amide bonds. The van der Waals surface area contributed by atoms with Crippen molar-refractivity contribution in [1.29, 1.82) is 0 Å². The van der Waals surface area contributed by atoms with Gasteiger partial charge in [-0.2, -0.15) is 0 Å². The first kappa shape index (κ1) is 17.7. The topological polar surface area (TPSA) is 84.5 Å². The number of hydrogen-bond donors (Lipinski definition) is 2. The highest BCUT2D eigenvalue weighted by molar-refractivity contribution is 5.80. The molecule has 1 atom stereocenters. The van der Waals surface area contributed by atoms with E-state index >= 15 is 0 Å². The SMILES string of the molecule is COC(=O)CC(C)NC(=O)CCNC(=O)Cc1ccccc1. The molecule has 0 spiro atoms. The molecule has 6 nitrogen and oxygen atoms in total. The molecule has 0 fully saturated rings. The van der Waals surface area contributed by atoms with E-state index in [1.807, 2.05) is 30.3 Å². The third-order valence-electron chi connectivity index (χ3n) is 2.99. The predicted octanol–water partition coefficient (Wildman–Crippen LogP) is 0.803. The van der Waals surface area contributed by atoms with Gasteiger partial charge in [0, 0.05) is 19.0 Å². The van der Waals surface area contributed by atoms with E-state index in [4.69, 9.17) is 0 Å². The van der Waals surface area contributed by atoms with Crippen molar-refractivity contribution in [3.63, 3.8) is 0 Å². The molecule has 22 heavy (non-hydrogen) atoms. The summed E-state index contributed by atoms with van der Waals surface area (Å²) in [5.41, 5.74) is 0.927. The lowest BCUT2D eigenvalue weighted by Gasteiger charge is -2.12. The van der Waals surface area contributed by atoms with Crippen molar-refractivity contribution in [2.75, 3.05) is 13.7 Å². The summed E-state index contributed by atoms with van der Waals surface area (Å²) in [6.45, 7) is 1.99. The Balaban J connectivity index is 2.19. The van der Waals surface area contributed by atoms with Gasteiger partial charge in [0.15, 0.2) is 0 Å². The minimum Gasteiger partial charge on any atom is -0.469 e. The Morgan fingerprint density at radius 2 is 1.82 bits per heavy atom. The van der Waals surface area contributed by atoms with Crippen LogP contribution in [0.1, 0.15) is 25.3 Å². The minimum atomic E-state index is -0.371. The minimum absolute atomic E-state index is 0.124. The quantitative estimate of drug-likeness (QED) is 0.696. The summed E-state index contributed by atoms with van der Waals surface area (Å²) in [5.74, 6) is -0.706. The molecule has 0 saturated carbocycles. The van der Waals surface area contributed by atoms with E-state index in [-0.39, 0.29) is 43.2 Å². The van der Waals surface area contributed by atoms with Crippen LogP contribution in [0.2, 0.25) is 0 Å². The molecule has 0 heterocycles. The van der Waals surface area contributed by atoms with Gasteiger partial charge in [-0.1, -0.05) is 30.3 Å². The molecule has 0 aromatic heterocycles. The number of nitrogens with one attached hydrogen (secondary N) is 2. The van der Waals surface area contributed by atoms with Crippen LogP contribution >= 0.6 is 0 Å². The summed E-state index contributed by atoms with van der Waals surface area (Å²) in [4.78, 5) is 34.4. The Bertz CT molecular complexity index is 502. The Labute approximate surface area is 130 Å². The Morgan fingerprint density at radius 1 is 1.14 bits per heavy atom. The molecule has 1 unspecified atom stereocenters. The molecule has 0 bridgehead atoms. The van der Waals surface area contributed by atoms with Crippen molar-refractivity contribution in [3.8, 4) is 0 Å². The molecule has 1 aromatic carbocycles. The van der Waals surface area contributed by atoms with Crippen molar-refractivity contribution < 1.29 is 19.1 Å². The largest absolute Gasteiger partial charge is 0.469 e. The summed E-state index contributed by atoms with van der Waals surface area (Å²) in [7, 11) is 1.30. The highest BCUT2D eigenvalue weighted by Crippen LogP contribution is 1.99. The molecule has 0 aliphatic carbocycles. The second-order valence-electron chi connectivity index (χ2n) is 5.01. The molecular weight excluding hydrogens is 284 g/mol. The zero-order valence-electron chi connectivity index (χ0n) is 12.9. The molecule has 0 radical (unpaired) electrons. The van der Waals surface area contributed by atoms with Crippen LogP contribution in [0.15, 0.2) is 30.3 Å². The number of amides is 2. The lowest BCUT2D eigenvalue weighted by atomic mass is 10.1. The average molecular weight is 306 g/mol. The van der Waals surface area contributed by atoms with Gasteiger partial charge in [-0.15, -0.1) is 0 Å². The van der Waals surface area contributed by atoms with Crippen LogP contribution in [0.5, 0.6) is 0 Å². The van der Waals surface area contributed by atoms with Crippen LogP contribution in [0.4, 0.5) is 0 Å². The summed E-state index contributed by atoms with van der Waals surface area (Å²) in [6, 6.07) is 9.10. The summed E-state index contributed by atoms with van der Waals surface area (Å²) in [6.07, 6.45) is 0.593. The van der Waals surface area contributed by atoms with Crippen LogP contribution < -0.4 is 10.6 Å². The van der Waals surface area contributed by atoms with Gasteiger partial charge in [-0.25, -0.2) is 0 Å².